The van der Waals surface area contributed by atoms with E-state index < -0.39 is 0 Å². The molecule has 0 aromatic heterocycles. The molecule has 3 N–H and O–H groups in total. The number of rotatable bonds is 0. The Balaban J connectivity index is -0.000000214. The van der Waals surface area contributed by atoms with E-state index in [1.54, 1.807) is 0 Å². The van der Waals surface area contributed by atoms with E-state index in [0.29, 0.717) is 0 Å². The predicted octanol–water partition coefficient (Wildman–Crippen LogP) is 1.38. The van der Waals surface area contributed by atoms with Gasteiger partial charge in [-0.05, 0) is 0 Å². The SMILES string of the molecule is CO.CO.CO.[Zr].c1ccc2[cH-]ccc2c1. The van der Waals surface area contributed by atoms with Crippen LogP contribution < -0.4 is 0 Å². The number of aliphatic hydroxyl groups is 3. The van der Waals surface area contributed by atoms with Gasteiger partial charge in [-0.3, -0.25) is 0 Å². The Morgan fingerprint density at radius 3 is 1.81 bits per heavy atom. The number of aliphatic hydroxyl groups excluding tert-OH is 3. The number of fused-ring (bicyclic) bond motifs is 1. The third-order valence-corrected chi connectivity index (χ3v) is 1.55. The van der Waals surface area contributed by atoms with Crippen molar-refractivity contribution in [3.8, 4) is 0 Å². The van der Waals surface area contributed by atoms with Gasteiger partial charge in [0, 0.05) is 47.5 Å². The largest absolute Gasteiger partial charge is 0.400 e. The van der Waals surface area contributed by atoms with Crippen molar-refractivity contribution in [3.05, 3.63) is 42.5 Å². The van der Waals surface area contributed by atoms with Crippen LogP contribution in [0.15, 0.2) is 42.5 Å². The van der Waals surface area contributed by atoms with Gasteiger partial charge in [-0.1, -0.05) is 6.07 Å². The van der Waals surface area contributed by atoms with Crippen LogP contribution in [0.25, 0.3) is 10.8 Å². The van der Waals surface area contributed by atoms with Crippen LogP contribution in [-0.2, 0) is 26.2 Å². The van der Waals surface area contributed by atoms with Crippen LogP contribution in [0.5, 0.6) is 0 Å². The zero-order chi connectivity index (χ0) is 12.1. The Morgan fingerprint density at radius 1 is 0.812 bits per heavy atom. The van der Waals surface area contributed by atoms with Crippen LogP contribution in [0.2, 0.25) is 0 Å². The summed E-state index contributed by atoms with van der Waals surface area (Å²) in [7, 11) is 3.00. The first-order valence-electron chi connectivity index (χ1n) is 4.41. The van der Waals surface area contributed by atoms with Crippen molar-refractivity contribution >= 4 is 10.8 Å². The van der Waals surface area contributed by atoms with Crippen molar-refractivity contribution in [1.29, 1.82) is 0 Å². The summed E-state index contributed by atoms with van der Waals surface area (Å²) in [4.78, 5) is 0. The van der Waals surface area contributed by atoms with E-state index in [9.17, 15) is 0 Å². The summed E-state index contributed by atoms with van der Waals surface area (Å²) in [5.41, 5.74) is 0. The maximum absolute atomic E-state index is 7.00. The second kappa shape index (κ2) is 17.0. The summed E-state index contributed by atoms with van der Waals surface area (Å²) >= 11 is 0. The van der Waals surface area contributed by atoms with Gasteiger partial charge in [-0.15, -0.1) is 29.7 Å². The molecule has 0 bridgehead atoms. The molecule has 0 saturated carbocycles. The molecule has 0 heterocycles. The van der Waals surface area contributed by atoms with Crippen LogP contribution in [0.1, 0.15) is 0 Å². The fourth-order valence-corrected chi connectivity index (χ4v) is 1.07. The van der Waals surface area contributed by atoms with Crippen molar-refractivity contribution in [1.82, 2.24) is 0 Å². The first-order chi connectivity index (χ1) is 7.47. The van der Waals surface area contributed by atoms with Gasteiger partial charge in [0.25, 0.3) is 0 Å². The Bertz CT molecular complexity index is 290. The first kappa shape index (κ1) is 20.9. The monoisotopic (exact) mass is 301 g/mol. The molecule has 0 spiro atoms. The van der Waals surface area contributed by atoms with Gasteiger partial charge < -0.3 is 15.3 Å². The molecule has 0 aliphatic carbocycles. The molecule has 0 amide bonds. The van der Waals surface area contributed by atoms with Crippen LogP contribution in [0, 0.1) is 0 Å². The van der Waals surface area contributed by atoms with E-state index in [0.717, 1.165) is 21.3 Å². The second-order valence-electron chi connectivity index (χ2n) is 2.15. The van der Waals surface area contributed by atoms with E-state index in [4.69, 9.17) is 15.3 Å². The minimum absolute atomic E-state index is 0. The Hall–Kier alpha value is -0.407. The molecule has 4 heteroatoms. The van der Waals surface area contributed by atoms with Crippen molar-refractivity contribution in [2.45, 2.75) is 0 Å². The van der Waals surface area contributed by atoms with E-state index in [1.165, 1.54) is 10.8 Å². The summed E-state index contributed by atoms with van der Waals surface area (Å²) in [6.45, 7) is 0. The average molecular weight is 303 g/mol. The van der Waals surface area contributed by atoms with E-state index >= 15 is 0 Å². The van der Waals surface area contributed by atoms with Crippen molar-refractivity contribution in [2.24, 2.45) is 0 Å². The molecule has 0 atom stereocenters. The minimum atomic E-state index is 0. The third-order valence-electron chi connectivity index (χ3n) is 1.55. The fourth-order valence-electron chi connectivity index (χ4n) is 1.07. The maximum Gasteiger partial charge on any atom is 0.0319 e. The standard InChI is InChI=1S/C9H7.3CH4O.Zr/c1-2-5-9-7-3-6-8(9)4-1;3*1-2;/h1-7H;3*2H,1H3;/q-1;;;;. The van der Waals surface area contributed by atoms with Crippen molar-refractivity contribution < 1.29 is 41.5 Å². The van der Waals surface area contributed by atoms with Gasteiger partial charge in [-0.2, -0.15) is 17.5 Å². The van der Waals surface area contributed by atoms with Crippen molar-refractivity contribution in [3.63, 3.8) is 0 Å². The summed E-state index contributed by atoms with van der Waals surface area (Å²) in [6.07, 6.45) is 0. The quantitative estimate of drug-likeness (QED) is 0.644. The van der Waals surface area contributed by atoms with Gasteiger partial charge in [-0.25, -0.2) is 0 Å². The molecule has 90 valence electrons. The van der Waals surface area contributed by atoms with E-state index in [1.807, 2.05) is 0 Å². The zero-order valence-electron chi connectivity index (χ0n) is 9.88. The average Bonchev–Trinajstić information content (AvgIpc) is 2.85. The molecule has 0 radical (unpaired) electrons. The topological polar surface area (TPSA) is 60.7 Å². The Kier molecular flexibility index (Phi) is 22.3. The molecule has 16 heavy (non-hydrogen) atoms. The number of hydrogen-bond donors (Lipinski definition) is 3. The molecule has 2 rings (SSSR count). The molecule has 0 fully saturated rings. The van der Waals surface area contributed by atoms with Crippen LogP contribution in [0.3, 0.4) is 0 Å². The molecule has 0 unspecified atom stereocenters. The third kappa shape index (κ3) is 7.83. The number of benzene rings is 1. The Morgan fingerprint density at radius 2 is 1.31 bits per heavy atom. The molecular formula is C12H19O3Zr-. The molecule has 2 aromatic carbocycles. The minimum Gasteiger partial charge on any atom is -0.400 e. The molecule has 2 aromatic rings. The molecule has 0 aliphatic heterocycles. The first-order valence-corrected chi connectivity index (χ1v) is 4.41. The van der Waals surface area contributed by atoms with Crippen LogP contribution in [-0.4, -0.2) is 36.6 Å². The smallest absolute Gasteiger partial charge is 0.0319 e. The second-order valence-corrected chi connectivity index (χ2v) is 2.15. The van der Waals surface area contributed by atoms with E-state index in [2.05, 4.69) is 42.5 Å². The van der Waals surface area contributed by atoms with Gasteiger partial charge in [0.15, 0.2) is 0 Å². The molecule has 0 aliphatic rings. The Labute approximate surface area is 116 Å². The van der Waals surface area contributed by atoms with Crippen LogP contribution in [0.4, 0.5) is 0 Å². The zero-order valence-corrected chi connectivity index (χ0v) is 12.3. The predicted molar refractivity (Wildman–Crippen MR) is 64.0 cm³/mol. The van der Waals surface area contributed by atoms with Gasteiger partial charge >= 0.3 is 0 Å². The summed E-state index contributed by atoms with van der Waals surface area (Å²) in [5, 5.41) is 23.7. The summed E-state index contributed by atoms with van der Waals surface area (Å²) in [5.74, 6) is 0. The summed E-state index contributed by atoms with van der Waals surface area (Å²) < 4.78 is 0. The normalized spacial score (nSPS) is 6.88. The molecular weight excluding hydrogens is 283 g/mol. The number of hydrogen-bond acceptors (Lipinski definition) is 3. The summed E-state index contributed by atoms with van der Waals surface area (Å²) in [6, 6.07) is 14.7. The van der Waals surface area contributed by atoms with E-state index in [-0.39, 0.29) is 26.2 Å². The van der Waals surface area contributed by atoms with Crippen molar-refractivity contribution in [2.75, 3.05) is 21.3 Å². The van der Waals surface area contributed by atoms with Gasteiger partial charge in [0.05, 0.1) is 0 Å². The fraction of sp³-hybridized carbons (Fsp3) is 0.250. The van der Waals surface area contributed by atoms with Gasteiger partial charge in [0.1, 0.15) is 0 Å². The molecule has 0 saturated heterocycles. The molecule has 3 nitrogen and oxygen atoms in total. The van der Waals surface area contributed by atoms with Crippen LogP contribution >= 0.6 is 0 Å². The maximum atomic E-state index is 7.00. The van der Waals surface area contributed by atoms with Gasteiger partial charge in [0.2, 0.25) is 0 Å².